The minimum Gasteiger partial charge on any atom is -0.330 e. The third kappa shape index (κ3) is 3.60. The van der Waals surface area contributed by atoms with E-state index in [1.165, 1.54) is 11.3 Å². The maximum atomic E-state index is 12.5. The van der Waals surface area contributed by atoms with Gasteiger partial charge in [0, 0.05) is 17.6 Å². The molecule has 104 valence electrons. The van der Waals surface area contributed by atoms with Gasteiger partial charge in [0.2, 0.25) is 0 Å². The molecule has 0 spiro atoms. The minimum absolute atomic E-state index is 0.174. The van der Waals surface area contributed by atoms with Gasteiger partial charge in [-0.25, -0.2) is 4.98 Å². The number of aromatic nitrogens is 1. The van der Waals surface area contributed by atoms with Gasteiger partial charge in [-0.3, -0.25) is 4.79 Å². The van der Waals surface area contributed by atoms with E-state index in [1.807, 2.05) is 12.1 Å². The monoisotopic (exact) mass is 326 g/mol. The van der Waals surface area contributed by atoms with Crippen LogP contribution in [0.2, 0.25) is 9.49 Å². The molecular formula is C14H12Cl2N2OS. The fourth-order valence-corrected chi connectivity index (χ4v) is 3.02. The van der Waals surface area contributed by atoms with E-state index in [9.17, 15) is 4.79 Å². The first-order chi connectivity index (χ1) is 9.61. The first-order valence-electron chi connectivity index (χ1n) is 5.86. The van der Waals surface area contributed by atoms with Gasteiger partial charge in [-0.1, -0.05) is 29.3 Å². The van der Waals surface area contributed by atoms with Crippen LogP contribution in [-0.2, 0) is 6.54 Å². The number of pyridine rings is 1. The van der Waals surface area contributed by atoms with Crippen LogP contribution in [-0.4, -0.2) is 22.3 Å². The third-order valence-electron chi connectivity index (χ3n) is 2.60. The fourth-order valence-electron chi connectivity index (χ4n) is 1.72. The molecule has 0 aliphatic carbocycles. The molecule has 0 saturated heterocycles. The van der Waals surface area contributed by atoms with E-state index in [-0.39, 0.29) is 11.1 Å². The Morgan fingerprint density at radius 2 is 2.20 bits per heavy atom. The largest absolute Gasteiger partial charge is 0.330 e. The van der Waals surface area contributed by atoms with E-state index in [4.69, 9.17) is 23.2 Å². The molecule has 3 nitrogen and oxygen atoms in total. The van der Waals surface area contributed by atoms with Crippen molar-refractivity contribution in [2.75, 3.05) is 6.54 Å². The zero-order chi connectivity index (χ0) is 14.5. The van der Waals surface area contributed by atoms with E-state index in [2.05, 4.69) is 11.6 Å². The molecule has 0 bridgehead atoms. The Balaban J connectivity index is 2.22. The second kappa shape index (κ2) is 6.88. The van der Waals surface area contributed by atoms with Gasteiger partial charge in [0.15, 0.2) is 0 Å². The number of thiophene rings is 1. The summed E-state index contributed by atoms with van der Waals surface area (Å²) >= 11 is 13.3. The predicted molar refractivity (Wildman–Crippen MR) is 83.5 cm³/mol. The summed E-state index contributed by atoms with van der Waals surface area (Å²) in [5.74, 6) is -0.174. The summed E-state index contributed by atoms with van der Waals surface area (Å²) in [5, 5.41) is 0.204. The number of rotatable bonds is 5. The molecule has 0 radical (unpaired) electrons. The molecule has 0 N–H and O–H groups in total. The zero-order valence-electron chi connectivity index (χ0n) is 10.6. The molecule has 20 heavy (non-hydrogen) atoms. The highest BCUT2D eigenvalue weighted by molar-refractivity contribution is 7.16. The molecule has 2 heterocycles. The third-order valence-corrected chi connectivity index (χ3v) is 4.12. The van der Waals surface area contributed by atoms with Crippen LogP contribution < -0.4 is 0 Å². The number of carbonyl (C=O) groups is 1. The highest BCUT2D eigenvalue weighted by Gasteiger charge is 2.18. The molecule has 6 heteroatoms. The van der Waals surface area contributed by atoms with Crippen LogP contribution in [0.4, 0.5) is 0 Å². The summed E-state index contributed by atoms with van der Waals surface area (Å²) in [7, 11) is 0. The first kappa shape index (κ1) is 15.0. The smallest absolute Gasteiger partial charge is 0.257 e. The average molecular weight is 327 g/mol. The van der Waals surface area contributed by atoms with Crippen molar-refractivity contribution >= 4 is 40.4 Å². The molecule has 0 unspecified atom stereocenters. The van der Waals surface area contributed by atoms with Gasteiger partial charge in [0.25, 0.3) is 5.91 Å². The number of nitrogens with zero attached hydrogens (tertiary/aromatic N) is 2. The lowest BCUT2D eigenvalue weighted by atomic mass is 10.2. The molecule has 0 fully saturated rings. The molecule has 0 aromatic carbocycles. The van der Waals surface area contributed by atoms with E-state index in [0.29, 0.717) is 23.0 Å². The molecule has 1 amide bonds. The maximum Gasteiger partial charge on any atom is 0.257 e. The van der Waals surface area contributed by atoms with E-state index in [0.717, 1.165) is 4.88 Å². The van der Waals surface area contributed by atoms with Crippen molar-refractivity contribution < 1.29 is 4.79 Å². The van der Waals surface area contributed by atoms with Crippen LogP contribution in [0, 0.1) is 0 Å². The normalized spacial score (nSPS) is 10.3. The van der Waals surface area contributed by atoms with Gasteiger partial charge in [-0.05, 0) is 24.3 Å². The quantitative estimate of drug-likeness (QED) is 0.607. The minimum atomic E-state index is -0.174. The summed E-state index contributed by atoms with van der Waals surface area (Å²) in [6, 6.07) is 7.07. The summed E-state index contributed by atoms with van der Waals surface area (Å²) in [4.78, 5) is 19.1. The second-order valence-electron chi connectivity index (χ2n) is 4.02. The standard InChI is InChI=1S/C14H12Cl2N2OS/c1-2-8-18(9-10-5-6-12(15)20-10)14(19)11-4-3-7-17-13(11)16/h2-7H,1,8-9H2. The maximum absolute atomic E-state index is 12.5. The predicted octanol–water partition coefficient (Wildman–Crippen LogP) is 4.28. The van der Waals surface area contributed by atoms with Crippen LogP contribution >= 0.6 is 34.5 Å². The number of halogens is 2. The van der Waals surface area contributed by atoms with Crippen molar-refractivity contribution in [2.24, 2.45) is 0 Å². The SMILES string of the molecule is C=CCN(Cc1ccc(Cl)s1)C(=O)c1cccnc1Cl. The van der Waals surface area contributed by atoms with Crippen LogP contribution in [0.15, 0.2) is 43.1 Å². The zero-order valence-corrected chi connectivity index (χ0v) is 12.9. The van der Waals surface area contributed by atoms with Gasteiger partial charge in [-0.15, -0.1) is 17.9 Å². The number of amides is 1. The molecule has 0 atom stereocenters. The molecule has 2 aromatic rings. The van der Waals surface area contributed by atoms with E-state index < -0.39 is 0 Å². The Morgan fingerprint density at radius 1 is 1.40 bits per heavy atom. The fraction of sp³-hybridized carbons (Fsp3) is 0.143. The van der Waals surface area contributed by atoms with E-state index >= 15 is 0 Å². The molecule has 0 aliphatic heterocycles. The van der Waals surface area contributed by atoms with Gasteiger partial charge in [0.1, 0.15) is 5.15 Å². The second-order valence-corrected chi connectivity index (χ2v) is 6.18. The highest BCUT2D eigenvalue weighted by atomic mass is 35.5. The molecule has 2 aromatic heterocycles. The molecule has 0 aliphatic rings. The highest BCUT2D eigenvalue weighted by Crippen LogP contribution is 2.24. The summed E-state index contributed by atoms with van der Waals surface area (Å²) in [5.41, 5.74) is 0.388. The van der Waals surface area contributed by atoms with E-state index in [1.54, 1.807) is 29.3 Å². The van der Waals surface area contributed by atoms with Gasteiger partial charge >= 0.3 is 0 Å². The Hall–Kier alpha value is -1.36. The topological polar surface area (TPSA) is 33.2 Å². The van der Waals surface area contributed by atoms with Gasteiger partial charge < -0.3 is 4.90 Å². The van der Waals surface area contributed by atoms with Crippen molar-refractivity contribution in [1.82, 2.24) is 9.88 Å². The van der Waals surface area contributed by atoms with Crippen LogP contribution in [0.1, 0.15) is 15.2 Å². The van der Waals surface area contributed by atoms with Crippen molar-refractivity contribution in [3.05, 3.63) is 63.0 Å². The van der Waals surface area contributed by atoms with Crippen molar-refractivity contribution in [1.29, 1.82) is 0 Å². The number of hydrogen-bond donors (Lipinski definition) is 0. The molecular weight excluding hydrogens is 315 g/mol. The Morgan fingerprint density at radius 3 is 2.80 bits per heavy atom. The lowest BCUT2D eigenvalue weighted by molar-refractivity contribution is 0.0764. The Labute approximate surface area is 131 Å². The Kier molecular flexibility index (Phi) is 5.17. The molecule has 0 saturated carbocycles. The van der Waals surface area contributed by atoms with Gasteiger partial charge in [0.05, 0.1) is 16.4 Å². The molecule has 2 rings (SSSR count). The number of carbonyl (C=O) groups excluding carboxylic acids is 1. The number of hydrogen-bond acceptors (Lipinski definition) is 3. The van der Waals surface area contributed by atoms with Gasteiger partial charge in [-0.2, -0.15) is 0 Å². The van der Waals surface area contributed by atoms with Crippen LogP contribution in [0.3, 0.4) is 0 Å². The lowest BCUT2D eigenvalue weighted by Crippen LogP contribution is -2.30. The first-order valence-corrected chi connectivity index (χ1v) is 7.44. The van der Waals surface area contributed by atoms with Crippen LogP contribution in [0.5, 0.6) is 0 Å². The summed E-state index contributed by atoms with van der Waals surface area (Å²) < 4.78 is 0.699. The van der Waals surface area contributed by atoms with Crippen molar-refractivity contribution in [2.45, 2.75) is 6.54 Å². The van der Waals surface area contributed by atoms with Crippen molar-refractivity contribution in [3.8, 4) is 0 Å². The Bertz CT molecular complexity index is 627. The van der Waals surface area contributed by atoms with Crippen molar-refractivity contribution in [3.63, 3.8) is 0 Å². The average Bonchev–Trinajstić information content (AvgIpc) is 2.83. The summed E-state index contributed by atoms with van der Waals surface area (Å²) in [6.45, 7) is 4.58. The lowest BCUT2D eigenvalue weighted by Gasteiger charge is -2.20. The van der Waals surface area contributed by atoms with Crippen LogP contribution in [0.25, 0.3) is 0 Å². The summed E-state index contributed by atoms with van der Waals surface area (Å²) in [6.07, 6.45) is 3.23.